The average molecular weight is 453 g/mol. The first-order valence-electron chi connectivity index (χ1n) is 10.0. The molecule has 0 bridgehead atoms. The lowest BCUT2D eigenvalue weighted by molar-refractivity contribution is -0.139. The normalized spacial score (nSPS) is 11.0. The fourth-order valence-electron chi connectivity index (χ4n) is 3.38. The Morgan fingerprint density at radius 3 is 2.56 bits per heavy atom. The van der Waals surface area contributed by atoms with Crippen LogP contribution in [0.2, 0.25) is 5.02 Å². The minimum absolute atomic E-state index is 0.118. The summed E-state index contributed by atoms with van der Waals surface area (Å²) in [5, 5.41) is 9.30. The Kier molecular flexibility index (Phi) is 5.96. The zero-order valence-corrected chi connectivity index (χ0v) is 18.6. The molecule has 0 amide bonds. The van der Waals surface area contributed by atoms with Crippen molar-refractivity contribution in [1.29, 1.82) is 0 Å². The van der Waals surface area contributed by atoms with E-state index in [1.807, 2.05) is 6.92 Å². The van der Waals surface area contributed by atoms with Gasteiger partial charge in [-0.05, 0) is 63.2 Å². The van der Waals surface area contributed by atoms with Crippen molar-refractivity contribution in [1.82, 2.24) is 19.2 Å². The van der Waals surface area contributed by atoms with E-state index in [9.17, 15) is 9.59 Å². The first kappa shape index (κ1) is 21.6. The predicted molar refractivity (Wildman–Crippen MR) is 121 cm³/mol. The van der Waals surface area contributed by atoms with E-state index in [1.54, 1.807) is 60.7 Å². The van der Waals surface area contributed by atoms with Crippen LogP contribution in [0, 0.1) is 0 Å². The molecule has 0 saturated heterocycles. The van der Waals surface area contributed by atoms with Crippen LogP contribution in [0.5, 0.6) is 5.75 Å². The van der Waals surface area contributed by atoms with E-state index in [0.717, 1.165) is 5.57 Å². The van der Waals surface area contributed by atoms with E-state index in [1.165, 1.54) is 10.6 Å². The van der Waals surface area contributed by atoms with Crippen LogP contribution in [0.3, 0.4) is 0 Å². The molecule has 32 heavy (non-hydrogen) atoms. The van der Waals surface area contributed by atoms with Crippen molar-refractivity contribution >= 4 is 34.3 Å². The molecule has 164 valence electrons. The monoisotopic (exact) mass is 452 g/mol. The summed E-state index contributed by atoms with van der Waals surface area (Å²) in [7, 11) is 0. The number of carbonyl (C=O) groups is 1. The average Bonchev–Trinajstić information content (AvgIpc) is 3.17. The highest BCUT2D eigenvalue weighted by Crippen LogP contribution is 2.22. The second-order valence-corrected chi connectivity index (χ2v) is 7.75. The van der Waals surface area contributed by atoms with Crippen LogP contribution in [0.15, 0.2) is 58.9 Å². The van der Waals surface area contributed by atoms with E-state index in [4.69, 9.17) is 21.1 Å². The molecule has 0 fully saturated rings. The summed E-state index contributed by atoms with van der Waals surface area (Å²) in [4.78, 5) is 25.4. The molecule has 9 heteroatoms. The van der Waals surface area contributed by atoms with Gasteiger partial charge in [-0.25, -0.2) is 9.36 Å². The lowest BCUT2D eigenvalue weighted by Gasteiger charge is -2.12. The highest BCUT2D eigenvalue weighted by Gasteiger charge is 2.19. The minimum Gasteiger partial charge on any atom is -0.494 e. The number of fused-ring (bicyclic) bond motifs is 3. The van der Waals surface area contributed by atoms with Crippen LogP contribution in [0.1, 0.15) is 26.6 Å². The molecule has 0 saturated carbocycles. The Balaban J connectivity index is 1.91. The van der Waals surface area contributed by atoms with Crippen LogP contribution in [0.25, 0.3) is 22.4 Å². The van der Waals surface area contributed by atoms with E-state index < -0.39 is 5.97 Å². The third-order valence-electron chi connectivity index (χ3n) is 4.70. The number of aromatic nitrogens is 4. The SMILES string of the molecule is CCOc1ccc(-n2c(=O)c3ccc(Cl)cc3n3c(COC(=O)C=C(C)C)nnc23)cc1. The van der Waals surface area contributed by atoms with E-state index in [2.05, 4.69) is 10.2 Å². The zero-order valence-electron chi connectivity index (χ0n) is 17.8. The largest absolute Gasteiger partial charge is 0.494 e. The predicted octanol–water partition coefficient (Wildman–Crippen LogP) is 4.09. The van der Waals surface area contributed by atoms with Crippen molar-refractivity contribution in [2.75, 3.05) is 6.61 Å². The molecule has 4 rings (SSSR count). The molecule has 0 radical (unpaired) electrons. The summed E-state index contributed by atoms with van der Waals surface area (Å²) < 4.78 is 14.0. The maximum Gasteiger partial charge on any atom is 0.331 e. The van der Waals surface area contributed by atoms with Crippen molar-refractivity contribution < 1.29 is 14.3 Å². The summed E-state index contributed by atoms with van der Waals surface area (Å²) in [5.74, 6) is 0.856. The number of rotatable bonds is 6. The fraction of sp³-hybridized carbons (Fsp3) is 0.217. The summed E-state index contributed by atoms with van der Waals surface area (Å²) >= 11 is 6.21. The number of ether oxygens (including phenoxy) is 2. The van der Waals surface area contributed by atoms with Gasteiger partial charge in [0.05, 0.1) is 23.2 Å². The molecule has 0 unspecified atom stereocenters. The van der Waals surface area contributed by atoms with Crippen LogP contribution in [-0.4, -0.2) is 31.7 Å². The quantitative estimate of drug-likeness (QED) is 0.323. The van der Waals surface area contributed by atoms with E-state index in [-0.39, 0.29) is 17.9 Å². The van der Waals surface area contributed by atoms with Crippen LogP contribution in [0.4, 0.5) is 0 Å². The summed E-state index contributed by atoms with van der Waals surface area (Å²) in [6, 6.07) is 12.1. The number of esters is 1. The van der Waals surface area contributed by atoms with Gasteiger partial charge in [0.15, 0.2) is 12.4 Å². The van der Waals surface area contributed by atoms with Gasteiger partial charge in [-0.2, -0.15) is 0 Å². The van der Waals surface area contributed by atoms with Gasteiger partial charge in [-0.1, -0.05) is 17.2 Å². The Bertz CT molecular complexity index is 1400. The molecule has 2 aromatic carbocycles. The van der Waals surface area contributed by atoms with Crippen LogP contribution < -0.4 is 10.3 Å². The Morgan fingerprint density at radius 1 is 1.12 bits per heavy atom. The second kappa shape index (κ2) is 8.84. The van der Waals surface area contributed by atoms with Gasteiger partial charge in [0.1, 0.15) is 5.75 Å². The molecular formula is C23H21ClN4O4. The first-order valence-corrected chi connectivity index (χ1v) is 10.4. The number of halogens is 1. The molecule has 0 aliphatic rings. The van der Waals surface area contributed by atoms with Crippen LogP contribution in [-0.2, 0) is 16.1 Å². The number of allylic oxidation sites excluding steroid dienone is 1. The van der Waals surface area contributed by atoms with Gasteiger partial charge in [0.25, 0.3) is 5.56 Å². The van der Waals surface area contributed by atoms with Crippen molar-refractivity contribution in [3.8, 4) is 11.4 Å². The molecule has 4 aromatic rings. The Morgan fingerprint density at radius 2 is 1.88 bits per heavy atom. The maximum atomic E-state index is 13.4. The van der Waals surface area contributed by atoms with Gasteiger partial charge in [-0.15, -0.1) is 10.2 Å². The van der Waals surface area contributed by atoms with E-state index >= 15 is 0 Å². The third-order valence-corrected chi connectivity index (χ3v) is 4.94. The molecule has 0 aliphatic heterocycles. The number of hydrogen-bond acceptors (Lipinski definition) is 6. The summed E-state index contributed by atoms with van der Waals surface area (Å²) in [6.45, 7) is 5.93. The lowest BCUT2D eigenvalue weighted by atomic mass is 10.2. The van der Waals surface area contributed by atoms with Crippen molar-refractivity contribution in [3.63, 3.8) is 0 Å². The molecule has 0 N–H and O–H groups in total. The van der Waals surface area contributed by atoms with Crippen molar-refractivity contribution in [2.45, 2.75) is 27.4 Å². The minimum atomic E-state index is -0.482. The molecule has 2 heterocycles. The van der Waals surface area contributed by atoms with Gasteiger partial charge in [0.2, 0.25) is 5.78 Å². The number of benzene rings is 2. The second-order valence-electron chi connectivity index (χ2n) is 7.31. The van der Waals surface area contributed by atoms with Crippen molar-refractivity contribution in [3.05, 3.63) is 75.3 Å². The lowest BCUT2D eigenvalue weighted by Crippen LogP contribution is -2.22. The number of carbonyl (C=O) groups excluding carboxylic acids is 1. The molecule has 8 nitrogen and oxygen atoms in total. The van der Waals surface area contributed by atoms with E-state index in [0.29, 0.717) is 39.8 Å². The van der Waals surface area contributed by atoms with Gasteiger partial charge in [-0.3, -0.25) is 9.20 Å². The maximum absolute atomic E-state index is 13.4. The Hall–Kier alpha value is -3.65. The molecule has 0 spiro atoms. The molecular weight excluding hydrogens is 432 g/mol. The Labute approximate surface area is 188 Å². The first-order chi connectivity index (χ1) is 15.4. The van der Waals surface area contributed by atoms with Crippen LogP contribution >= 0.6 is 11.6 Å². The highest BCUT2D eigenvalue weighted by molar-refractivity contribution is 6.31. The standard InChI is InChI=1S/C23H21ClN4O4/c1-4-31-17-8-6-16(7-9-17)27-22(30)18-10-5-15(24)12-19(18)28-20(25-26-23(27)28)13-32-21(29)11-14(2)3/h5-12H,4,13H2,1-3H3. The highest BCUT2D eigenvalue weighted by atomic mass is 35.5. The van der Waals surface area contributed by atoms with Gasteiger partial charge >= 0.3 is 5.97 Å². The zero-order chi connectivity index (χ0) is 22.8. The third kappa shape index (κ3) is 4.09. The van der Waals surface area contributed by atoms with Gasteiger partial charge < -0.3 is 9.47 Å². The topological polar surface area (TPSA) is 87.7 Å². The van der Waals surface area contributed by atoms with Crippen molar-refractivity contribution in [2.24, 2.45) is 0 Å². The molecule has 0 atom stereocenters. The summed E-state index contributed by atoms with van der Waals surface area (Å²) in [6.07, 6.45) is 1.40. The summed E-state index contributed by atoms with van der Waals surface area (Å²) in [5.41, 5.74) is 1.68. The number of nitrogens with zero attached hydrogens (tertiary/aromatic N) is 4. The van der Waals surface area contributed by atoms with Gasteiger partial charge in [0, 0.05) is 11.1 Å². The number of hydrogen-bond donors (Lipinski definition) is 0. The molecule has 0 aliphatic carbocycles. The molecule has 2 aromatic heterocycles. The smallest absolute Gasteiger partial charge is 0.331 e. The fourth-order valence-corrected chi connectivity index (χ4v) is 3.54.